The Morgan fingerprint density at radius 2 is 2.10 bits per heavy atom. The average Bonchev–Trinajstić information content (AvgIpc) is 2.72. The Hall–Kier alpha value is -1.14. The largest absolute Gasteiger partial charge is 0.487 e. The molecule has 0 saturated heterocycles. The Morgan fingerprint density at radius 1 is 1.38 bits per heavy atom. The predicted molar refractivity (Wildman–Crippen MR) is 88.8 cm³/mol. The number of aryl methyl sites for hydroxylation is 2. The van der Waals surface area contributed by atoms with Gasteiger partial charge in [0.05, 0.1) is 21.4 Å². The van der Waals surface area contributed by atoms with Gasteiger partial charge in [-0.25, -0.2) is 0 Å². The smallest absolute Gasteiger partial charge is 0.163 e. The van der Waals surface area contributed by atoms with Gasteiger partial charge in [-0.2, -0.15) is 5.10 Å². The molecule has 0 aliphatic rings. The summed E-state index contributed by atoms with van der Waals surface area (Å²) in [4.78, 5) is 11.7. The molecule has 1 heterocycles. The topological polar surface area (TPSA) is 44.1 Å². The molecule has 21 heavy (non-hydrogen) atoms. The standard InChI is InChI=1S/C15H16Br2N2O2/c1-4-12-15(17)13(19(3)18-12)8-21-14-6-5-10(16)7-11(14)9(2)20/h5-7H,4,8H2,1-3H3. The van der Waals surface area contributed by atoms with E-state index in [0.29, 0.717) is 17.9 Å². The van der Waals surface area contributed by atoms with Crippen molar-refractivity contribution in [3.63, 3.8) is 0 Å². The van der Waals surface area contributed by atoms with Gasteiger partial charge in [-0.05, 0) is 47.5 Å². The monoisotopic (exact) mass is 414 g/mol. The molecule has 0 atom stereocenters. The highest BCUT2D eigenvalue weighted by Crippen LogP contribution is 2.27. The summed E-state index contributed by atoms with van der Waals surface area (Å²) in [5.74, 6) is 0.557. The lowest BCUT2D eigenvalue weighted by atomic mass is 10.1. The second kappa shape index (κ2) is 6.75. The van der Waals surface area contributed by atoms with Crippen LogP contribution < -0.4 is 4.74 Å². The minimum Gasteiger partial charge on any atom is -0.487 e. The summed E-state index contributed by atoms with van der Waals surface area (Å²) in [5, 5.41) is 4.43. The molecule has 0 fully saturated rings. The molecule has 0 N–H and O–H groups in total. The molecule has 1 aromatic heterocycles. The van der Waals surface area contributed by atoms with Gasteiger partial charge in [-0.3, -0.25) is 9.48 Å². The number of Topliss-reactive ketones (excluding diaryl/α,β-unsaturated/α-hetero) is 1. The Morgan fingerprint density at radius 3 is 2.67 bits per heavy atom. The summed E-state index contributed by atoms with van der Waals surface area (Å²) in [6, 6.07) is 5.43. The van der Waals surface area contributed by atoms with Crippen molar-refractivity contribution in [1.29, 1.82) is 0 Å². The SMILES string of the molecule is CCc1nn(C)c(COc2ccc(Br)cc2C(C)=O)c1Br. The van der Waals surface area contributed by atoms with Crippen LogP contribution in [0.5, 0.6) is 5.75 Å². The third kappa shape index (κ3) is 3.55. The van der Waals surface area contributed by atoms with Crippen LogP contribution in [0.25, 0.3) is 0 Å². The highest BCUT2D eigenvalue weighted by molar-refractivity contribution is 9.10. The van der Waals surface area contributed by atoms with Crippen molar-refractivity contribution in [2.24, 2.45) is 7.05 Å². The van der Waals surface area contributed by atoms with Gasteiger partial charge in [0.25, 0.3) is 0 Å². The van der Waals surface area contributed by atoms with E-state index in [-0.39, 0.29) is 5.78 Å². The van der Waals surface area contributed by atoms with Gasteiger partial charge >= 0.3 is 0 Å². The first-order valence-corrected chi connectivity index (χ1v) is 8.16. The summed E-state index contributed by atoms with van der Waals surface area (Å²) < 4.78 is 9.45. The van der Waals surface area contributed by atoms with Gasteiger partial charge in [0.15, 0.2) is 5.78 Å². The van der Waals surface area contributed by atoms with E-state index in [1.165, 1.54) is 6.92 Å². The summed E-state index contributed by atoms with van der Waals surface area (Å²) >= 11 is 6.92. The average molecular weight is 416 g/mol. The molecule has 6 heteroatoms. The van der Waals surface area contributed by atoms with Crippen LogP contribution in [0, 0.1) is 0 Å². The first-order chi connectivity index (χ1) is 9.93. The highest BCUT2D eigenvalue weighted by atomic mass is 79.9. The van der Waals surface area contributed by atoms with Crippen LogP contribution in [0.2, 0.25) is 0 Å². The number of rotatable bonds is 5. The highest BCUT2D eigenvalue weighted by Gasteiger charge is 2.15. The van der Waals surface area contributed by atoms with Gasteiger partial charge < -0.3 is 4.74 Å². The number of hydrogen-bond acceptors (Lipinski definition) is 3. The van der Waals surface area contributed by atoms with Crippen LogP contribution in [-0.4, -0.2) is 15.6 Å². The lowest BCUT2D eigenvalue weighted by Crippen LogP contribution is -2.06. The van der Waals surface area contributed by atoms with E-state index in [2.05, 4.69) is 43.9 Å². The summed E-state index contributed by atoms with van der Waals surface area (Å²) in [6.07, 6.45) is 0.853. The van der Waals surface area contributed by atoms with E-state index in [1.54, 1.807) is 16.8 Å². The molecule has 0 saturated carbocycles. The molecule has 112 valence electrons. The van der Waals surface area contributed by atoms with Crippen molar-refractivity contribution in [1.82, 2.24) is 9.78 Å². The fourth-order valence-corrected chi connectivity index (χ4v) is 3.12. The maximum atomic E-state index is 11.7. The Balaban J connectivity index is 2.25. The number of carbonyl (C=O) groups excluding carboxylic acids is 1. The van der Waals surface area contributed by atoms with Gasteiger partial charge in [-0.15, -0.1) is 0 Å². The predicted octanol–water partition coefficient (Wildman–Crippen LogP) is 4.29. The number of nitrogens with zero attached hydrogens (tertiary/aromatic N) is 2. The maximum Gasteiger partial charge on any atom is 0.163 e. The maximum absolute atomic E-state index is 11.7. The molecule has 0 bridgehead atoms. The summed E-state index contributed by atoms with van der Waals surface area (Å²) in [5.41, 5.74) is 2.52. The minimum atomic E-state index is -0.0235. The first-order valence-electron chi connectivity index (χ1n) is 6.57. The van der Waals surface area contributed by atoms with Crippen LogP contribution in [0.15, 0.2) is 27.1 Å². The molecule has 0 amide bonds. The van der Waals surface area contributed by atoms with Gasteiger partial charge in [-0.1, -0.05) is 22.9 Å². The quantitative estimate of drug-likeness (QED) is 0.684. The zero-order valence-corrected chi connectivity index (χ0v) is 15.3. The Labute approximate surface area is 140 Å². The van der Waals surface area contributed by atoms with Crippen LogP contribution >= 0.6 is 31.9 Å². The molecule has 2 rings (SSSR count). The van der Waals surface area contributed by atoms with Crippen LogP contribution in [0.3, 0.4) is 0 Å². The number of halogens is 2. The van der Waals surface area contributed by atoms with Crippen molar-refractivity contribution < 1.29 is 9.53 Å². The van der Waals surface area contributed by atoms with Crippen LogP contribution in [0.4, 0.5) is 0 Å². The third-order valence-corrected chi connectivity index (χ3v) is 4.60. The van der Waals surface area contributed by atoms with E-state index in [1.807, 2.05) is 13.1 Å². The van der Waals surface area contributed by atoms with Gasteiger partial charge in [0, 0.05) is 11.5 Å². The van der Waals surface area contributed by atoms with Crippen molar-refractivity contribution in [2.45, 2.75) is 26.9 Å². The Bertz CT molecular complexity index is 681. The van der Waals surface area contributed by atoms with Gasteiger partial charge in [0.2, 0.25) is 0 Å². The van der Waals surface area contributed by atoms with E-state index >= 15 is 0 Å². The number of aromatic nitrogens is 2. The molecule has 0 spiro atoms. The lowest BCUT2D eigenvalue weighted by Gasteiger charge is -2.11. The molecular formula is C15H16Br2N2O2. The normalized spacial score (nSPS) is 10.7. The minimum absolute atomic E-state index is 0.0235. The van der Waals surface area contributed by atoms with Crippen molar-refractivity contribution in [2.75, 3.05) is 0 Å². The second-order valence-corrected chi connectivity index (χ2v) is 6.38. The van der Waals surface area contributed by atoms with E-state index in [4.69, 9.17) is 4.74 Å². The van der Waals surface area contributed by atoms with E-state index in [9.17, 15) is 4.79 Å². The zero-order valence-electron chi connectivity index (χ0n) is 12.1. The third-order valence-electron chi connectivity index (χ3n) is 3.19. The molecule has 0 unspecified atom stereocenters. The van der Waals surface area contributed by atoms with Crippen LogP contribution in [0.1, 0.15) is 35.6 Å². The van der Waals surface area contributed by atoms with Gasteiger partial charge in [0.1, 0.15) is 12.4 Å². The number of ether oxygens (including phenoxy) is 1. The molecule has 1 aromatic carbocycles. The molecular weight excluding hydrogens is 400 g/mol. The molecule has 4 nitrogen and oxygen atoms in total. The fourth-order valence-electron chi connectivity index (χ4n) is 2.03. The zero-order chi connectivity index (χ0) is 15.6. The lowest BCUT2D eigenvalue weighted by molar-refractivity contribution is 0.101. The molecule has 0 radical (unpaired) electrons. The Kier molecular flexibility index (Phi) is 5.22. The number of benzene rings is 1. The summed E-state index contributed by atoms with van der Waals surface area (Å²) in [7, 11) is 1.88. The molecule has 0 aliphatic carbocycles. The van der Waals surface area contributed by atoms with E-state index < -0.39 is 0 Å². The second-order valence-electron chi connectivity index (χ2n) is 4.67. The number of hydrogen-bond donors (Lipinski definition) is 0. The number of carbonyl (C=O) groups is 1. The van der Waals surface area contributed by atoms with Crippen molar-refractivity contribution in [3.05, 3.63) is 44.1 Å². The molecule has 2 aromatic rings. The number of ketones is 1. The van der Waals surface area contributed by atoms with E-state index in [0.717, 1.165) is 26.8 Å². The van der Waals surface area contributed by atoms with Crippen molar-refractivity contribution >= 4 is 37.6 Å². The summed E-state index contributed by atoms with van der Waals surface area (Å²) in [6.45, 7) is 3.94. The fraction of sp³-hybridized carbons (Fsp3) is 0.333. The molecule has 0 aliphatic heterocycles. The van der Waals surface area contributed by atoms with Crippen molar-refractivity contribution in [3.8, 4) is 5.75 Å². The van der Waals surface area contributed by atoms with Crippen LogP contribution in [-0.2, 0) is 20.1 Å². The first kappa shape index (κ1) is 16.2.